The average molecular weight is 392 g/mol. The quantitative estimate of drug-likeness (QED) is 0.759. The summed E-state index contributed by atoms with van der Waals surface area (Å²) in [7, 11) is -1.92. The Morgan fingerprint density at radius 3 is 2.67 bits per heavy atom. The van der Waals surface area contributed by atoms with Crippen LogP contribution in [0.3, 0.4) is 0 Å². The fourth-order valence-electron chi connectivity index (χ4n) is 2.99. The van der Waals surface area contributed by atoms with E-state index >= 15 is 0 Å². The van der Waals surface area contributed by atoms with Crippen molar-refractivity contribution in [1.29, 1.82) is 0 Å². The summed E-state index contributed by atoms with van der Waals surface area (Å²) >= 11 is 0. The van der Waals surface area contributed by atoms with Crippen molar-refractivity contribution in [2.45, 2.75) is 18.4 Å². The molecule has 0 unspecified atom stereocenters. The number of ether oxygens (including phenoxy) is 1. The summed E-state index contributed by atoms with van der Waals surface area (Å²) in [4.78, 5) is 18.1. The van der Waals surface area contributed by atoms with Gasteiger partial charge in [0.15, 0.2) is 11.6 Å². The number of aryl methyl sites for hydroxylation is 2. The molecular weight excluding hydrogens is 368 g/mol. The van der Waals surface area contributed by atoms with Crippen molar-refractivity contribution in [3.8, 4) is 5.75 Å². The van der Waals surface area contributed by atoms with Gasteiger partial charge in [-0.25, -0.2) is 13.4 Å². The molecule has 2 heterocycles. The van der Waals surface area contributed by atoms with E-state index in [1.54, 1.807) is 16.5 Å². The van der Waals surface area contributed by atoms with Crippen LogP contribution in [0.1, 0.15) is 12.0 Å². The molecular formula is C18H24N4O4S. The van der Waals surface area contributed by atoms with E-state index in [-0.39, 0.29) is 24.1 Å². The van der Waals surface area contributed by atoms with Gasteiger partial charge in [-0.1, -0.05) is 18.2 Å². The number of rotatable bonds is 5. The van der Waals surface area contributed by atoms with Gasteiger partial charge in [-0.2, -0.15) is 4.31 Å². The van der Waals surface area contributed by atoms with E-state index in [2.05, 4.69) is 4.98 Å². The molecule has 0 aliphatic carbocycles. The Hall–Kier alpha value is -2.39. The molecule has 0 atom stereocenters. The Morgan fingerprint density at radius 2 is 1.96 bits per heavy atom. The van der Waals surface area contributed by atoms with Crippen molar-refractivity contribution in [3.63, 3.8) is 0 Å². The Bertz CT molecular complexity index is 910. The second kappa shape index (κ2) is 8.10. The SMILES string of the molecule is Cc1ccccc1OCC(=O)N1CCCN(S(=O)(=O)c2cn(C)cn2)CC1. The fraction of sp³-hybridized carbons (Fsp3) is 0.444. The largest absolute Gasteiger partial charge is 0.484 e. The van der Waals surface area contributed by atoms with Crippen LogP contribution >= 0.6 is 0 Å². The zero-order valence-electron chi connectivity index (χ0n) is 15.5. The van der Waals surface area contributed by atoms with E-state index in [1.165, 1.54) is 16.8 Å². The number of hydrogen-bond donors (Lipinski definition) is 0. The first kappa shape index (κ1) is 19.4. The molecule has 0 spiro atoms. The maximum absolute atomic E-state index is 12.7. The third-order valence-electron chi connectivity index (χ3n) is 4.54. The summed E-state index contributed by atoms with van der Waals surface area (Å²) in [5.74, 6) is 0.537. The minimum Gasteiger partial charge on any atom is -0.484 e. The van der Waals surface area contributed by atoms with Crippen LogP contribution < -0.4 is 4.74 Å². The number of carbonyl (C=O) groups excluding carboxylic acids is 1. The molecule has 0 saturated carbocycles. The monoisotopic (exact) mass is 392 g/mol. The number of carbonyl (C=O) groups is 1. The van der Waals surface area contributed by atoms with Crippen molar-refractivity contribution >= 4 is 15.9 Å². The van der Waals surface area contributed by atoms with Gasteiger partial charge in [0.2, 0.25) is 0 Å². The molecule has 1 fully saturated rings. The Labute approximate surface area is 159 Å². The smallest absolute Gasteiger partial charge is 0.262 e. The van der Waals surface area contributed by atoms with E-state index in [0.29, 0.717) is 31.8 Å². The van der Waals surface area contributed by atoms with Crippen molar-refractivity contribution in [3.05, 3.63) is 42.4 Å². The standard InChI is InChI=1S/C18H24N4O4S/c1-15-6-3-4-7-16(15)26-13-18(23)21-8-5-9-22(11-10-21)27(24,25)17-12-20(2)14-19-17/h3-4,6-7,12,14H,5,8-11,13H2,1-2H3. The third-order valence-corrected chi connectivity index (χ3v) is 6.32. The lowest BCUT2D eigenvalue weighted by atomic mass is 10.2. The molecule has 8 nitrogen and oxygen atoms in total. The molecule has 1 aliphatic heterocycles. The van der Waals surface area contributed by atoms with Crippen molar-refractivity contribution in [1.82, 2.24) is 18.8 Å². The fourth-order valence-corrected chi connectivity index (χ4v) is 4.42. The van der Waals surface area contributed by atoms with E-state index in [0.717, 1.165) is 5.56 Å². The van der Waals surface area contributed by atoms with Crippen LogP contribution in [0, 0.1) is 6.92 Å². The van der Waals surface area contributed by atoms with E-state index in [4.69, 9.17) is 4.74 Å². The summed E-state index contributed by atoms with van der Waals surface area (Å²) in [6, 6.07) is 7.52. The third kappa shape index (κ3) is 4.48. The Balaban J connectivity index is 1.59. The average Bonchev–Trinajstić information content (AvgIpc) is 2.93. The summed E-state index contributed by atoms with van der Waals surface area (Å²) in [5, 5.41) is 0.0349. The highest BCUT2D eigenvalue weighted by Gasteiger charge is 2.29. The van der Waals surface area contributed by atoms with E-state index in [9.17, 15) is 13.2 Å². The second-order valence-electron chi connectivity index (χ2n) is 6.57. The highest BCUT2D eigenvalue weighted by atomic mass is 32.2. The number of aromatic nitrogens is 2. The van der Waals surface area contributed by atoms with Gasteiger partial charge in [0.1, 0.15) is 5.75 Å². The number of para-hydroxylation sites is 1. The van der Waals surface area contributed by atoms with E-state index in [1.807, 2.05) is 31.2 Å². The van der Waals surface area contributed by atoms with Crippen molar-refractivity contribution in [2.24, 2.45) is 7.05 Å². The van der Waals surface area contributed by atoms with Gasteiger partial charge in [-0.05, 0) is 25.0 Å². The lowest BCUT2D eigenvalue weighted by Gasteiger charge is -2.21. The topological polar surface area (TPSA) is 84.7 Å². The Kier molecular flexibility index (Phi) is 5.81. The molecule has 1 aromatic carbocycles. The molecule has 1 aliphatic rings. The van der Waals surface area contributed by atoms with Gasteiger partial charge in [0.25, 0.3) is 15.9 Å². The molecule has 3 rings (SSSR count). The predicted octanol–water partition coefficient (Wildman–Crippen LogP) is 1.03. The first-order valence-corrected chi connectivity index (χ1v) is 10.3. The lowest BCUT2D eigenvalue weighted by Crippen LogP contribution is -2.39. The van der Waals surface area contributed by atoms with Crippen LogP contribution in [-0.4, -0.2) is 65.9 Å². The number of sulfonamides is 1. The second-order valence-corrected chi connectivity index (χ2v) is 8.45. The predicted molar refractivity (Wildman–Crippen MR) is 99.8 cm³/mol. The molecule has 146 valence electrons. The molecule has 1 aromatic heterocycles. The summed E-state index contributed by atoms with van der Waals surface area (Å²) in [5.41, 5.74) is 0.966. The molecule has 0 radical (unpaired) electrons. The normalized spacial score (nSPS) is 16.1. The molecule has 2 aromatic rings. The van der Waals surface area contributed by atoms with Gasteiger partial charge in [0, 0.05) is 39.4 Å². The summed E-state index contributed by atoms with van der Waals surface area (Å²) in [6.07, 6.45) is 3.52. The van der Waals surface area contributed by atoms with Gasteiger partial charge in [-0.3, -0.25) is 4.79 Å². The van der Waals surface area contributed by atoms with Crippen LogP contribution in [-0.2, 0) is 21.9 Å². The minimum absolute atomic E-state index is 0.0349. The molecule has 1 saturated heterocycles. The van der Waals surface area contributed by atoms with Crippen LogP contribution in [0.2, 0.25) is 0 Å². The van der Waals surface area contributed by atoms with Gasteiger partial charge < -0.3 is 14.2 Å². The zero-order valence-corrected chi connectivity index (χ0v) is 16.4. The molecule has 9 heteroatoms. The van der Waals surface area contributed by atoms with Crippen molar-refractivity contribution < 1.29 is 17.9 Å². The van der Waals surface area contributed by atoms with Crippen LogP contribution in [0.25, 0.3) is 0 Å². The summed E-state index contributed by atoms with van der Waals surface area (Å²) < 4.78 is 34.0. The summed E-state index contributed by atoms with van der Waals surface area (Å²) in [6.45, 7) is 3.31. The van der Waals surface area contributed by atoms with Crippen molar-refractivity contribution in [2.75, 3.05) is 32.8 Å². The molecule has 0 N–H and O–H groups in total. The highest BCUT2D eigenvalue weighted by molar-refractivity contribution is 7.89. The minimum atomic E-state index is -3.64. The lowest BCUT2D eigenvalue weighted by molar-refractivity contribution is -0.133. The van der Waals surface area contributed by atoms with E-state index < -0.39 is 10.0 Å². The maximum Gasteiger partial charge on any atom is 0.262 e. The van der Waals surface area contributed by atoms with Crippen LogP contribution in [0.4, 0.5) is 0 Å². The maximum atomic E-state index is 12.7. The highest BCUT2D eigenvalue weighted by Crippen LogP contribution is 2.18. The molecule has 27 heavy (non-hydrogen) atoms. The van der Waals surface area contributed by atoms with Gasteiger partial charge >= 0.3 is 0 Å². The number of nitrogens with zero attached hydrogens (tertiary/aromatic N) is 4. The van der Waals surface area contributed by atoms with Gasteiger partial charge in [0.05, 0.1) is 6.33 Å². The number of hydrogen-bond acceptors (Lipinski definition) is 5. The first-order chi connectivity index (χ1) is 12.9. The molecule has 1 amide bonds. The number of imidazole rings is 1. The number of benzene rings is 1. The number of amides is 1. The van der Waals surface area contributed by atoms with Gasteiger partial charge in [-0.15, -0.1) is 0 Å². The molecule has 0 bridgehead atoms. The Morgan fingerprint density at radius 1 is 1.19 bits per heavy atom. The first-order valence-electron chi connectivity index (χ1n) is 8.82. The van der Waals surface area contributed by atoms with Crippen LogP contribution in [0.15, 0.2) is 41.8 Å². The van der Waals surface area contributed by atoms with Crippen LogP contribution in [0.5, 0.6) is 5.75 Å². The zero-order chi connectivity index (χ0) is 19.4.